The molecule has 7 heteroatoms. The molecule has 0 unspecified atom stereocenters. The number of aryl methyl sites for hydroxylation is 2. The monoisotopic (exact) mass is 254 g/mol. The first-order valence-corrected chi connectivity index (χ1v) is 6.29. The van der Waals surface area contributed by atoms with E-state index in [0.717, 1.165) is 6.92 Å². The third kappa shape index (κ3) is 1.46. The molecular weight excluding hydrogens is 244 g/mol. The van der Waals surface area contributed by atoms with Gasteiger partial charge < -0.3 is 0 Å². The van der Waals surface area contributed by atoms with Gasteiger partial charge in [0.15, 0.2) is 5.03 Å². The molecule has 1 aromatic rings. The molecule has 0 atom stereocenters. The molecule has 1 aliphatic heterocycles. The minimum atomic E-state index is -4.12. The molecule has 0 bridgehead atoms. The van der Waals surface area contributed by atoms with Crippen molar-refractivity contribution in [1.29, 1.82) is 0 Å². The fourth-order valence-corrected chi connectivity index (χ4v) is 3.45. The summed E-state index contributed by atoms with van der Waals surface area (Å²) in [7, 11) is -4.12. The number of sulfonamides is 1. The zero-order valence-corrected chi connectivity index (χ0v) is 10.3. The number of carbonyl (C=O) groups excluding carboxylic acids is 2. The van der Waals surface area contributed by atoms with Crippen LogP contribution < -0.4 is 0 Å². The first kappa shape index (κ1) is 11.7. The largest absolute Gasteiger partial charge is 0.291 e. The summed E-state index contributed by atoms with van der Waals surface area (Å²) in [4.78, 5) is 27.0. The lowest BCUT2D eigenvalue weighted by molar-refractivity contribution is -0.122. The molecule has 1 aliphatic rings. The number of fused-ring (bicyclic) bond motifs is 1. The number of pyridine rings is 1. The van der Waals surface area contributed by atoms with Crippen molar-refractivity contribution in [2.45, 2.75) is 25.8 Å². The predicted octanol–water partition coefficient (Wildman–Crippen LogP) is 0.389. The summed E-state index contributed by atoms with van der Waals surface area (Å²) in [6, 6.07) is 1.61. The van der Waals surface area contributed by atoms with E-state index in [0.29, 0.717) is 11.3 Å². The molecule has 0 N–H and O–H groups in total. The standard InChI is InChI=1S/C10H10N2O4S/c1-5-4-6(2)11-9-8(5)10(14)12(7(3)13)17(9,15)16/h4H,1-3H3. The Hall–Kier alpha value is -1.76. The van der Waals surface area contributed by atoms with E-state index >= 15 is 0 Å². The van der Waals surface area contributed by atoms with Crippen LogP contribution in [0.15, 0.2) is 11.1 Å². The molecule has 0 spiro atoms. The number of hydrogen-bond donors (Lipinski definition) is 0. The highest BCUT2D eigenvalue weighted by Crippen LogP contribution is 2.31. The minimum Gasteiger partial charge on any atom is -0.274 e. The Morgan fingerprint density at radius 2 is 1.94 bits per heavy atom. The third-order valence-electron chi connectivity index (χ3n) is 2.48. The average molecular weight is 254 g/mol. The van der Waals surface area contributed by atoms with Crippen molar-refractivity contribution in [1.82, 2.24) is 9.29 Å². The van der Waals surface area contributed by atoms with Crippen molar-refractivity contribution < 1.29 is 18.0 Å². The predicted molar refractivity (Wildman–Crippen MR) is 57.7 cm³/mol. The number of amides is 2. The van der Waals surface area contributed by atoms with Gasteiger partial charge >= 0.3 is 0 Å². The normalized spacial score (nSPS) is 17.1. The Kier molecular flexibility index (Phi) is 2.32. The van der Waals surface area contributed by atoms with Crippen molar-refractivity contribution >= 4 is 21.8 Å². The molecule has 0 fully saturated rings. The first-order valence-electron chi connectivity index (χ1n) is 4.85. The van der Waals surface area contributed by atoms with Crippen LogP contribution in [0.5, 0.6) is 0 Å². The fourth-order valence-electron chi connectivity index (χ4n) is 1.86. The summed E-state index contributed by atoms with van der Waals surface area (Å²) < 4.78 is 24.2. The van der Waals surface area contributed by atoms with E-state index in [1.165, 1.54) is 0 Å². The summed E-state index contributed by atoms with van der Waals surface area (Å²) >= 11 is 0. The molecule has 0 aromatic carbocycles. The summed E-state index contributed by atoms with van der Waals surface area (Å²) in [5, 5.41) is -0.324. The number of imide groups is 1. The second-order valence-electron chi connectivity index (χ2n) is 3.85. The van der Waals surface area contributed by atoms with E-state index in [1.807, 2.05) is 0 Å². The van der Waals surface area contributed by atoms with Gasteiger partial charge in [0.1, 0.15) is 0 Å². The van der Waals surface area contributed by atoms with Crippen molar-refractivity contribution in [2.24, 2.45) is 0 Å². The molecule has 1 aromatic heterocycles. The minimum absolute atomic E-state index is 0.00852. The molecule has 0 saturated heterocycles. The number of rotatable bonds is 0. The van der Waals surface area contributed by atoms with Crippen LogP contribution in [0.2, 0.25) is 0 Å². The van der Waals surface area contributed by atoms with E-state index in [4.69, 9.17) is 0 Å². The second-order valence-corrected chi connectivity index (χ2v) is 5.56. The van der Waals surface area contributed by atoms with Gasteiger partial charge in [-0.2, -0.15) is 12.7 Å². The number of hydrogen-bond acceptors (Lipinski definition) is 5. The number of aromatic nitrogens is 1. The van der Waals surface area contributed by atoms with Gasteiger partial charge in [0.25, 0.3) is 15.9 Å². The molecule has 0 radical (unpaired) electrons. The lowest BCUT2D eigenvalue weighted by atomic mass is 10.1. The molecule has 6 nitrogen and oxygen atoms in total. The van der Waals surface area contributed by atoms with Crippen LogP contribution in [0.3, 0.4) is 0 Å². The van der Waals surface area contributed by atoms with Gasteiger partial charge in [0.2, 0.25) is 5.91 Å². The molecule has 0 saturated carbocycles. The first-order chi connectivity index (χ1) is 7.76. The fraction of sp³-hybridized carbons (Fsp3) is 0.300. The van der Waals surface area contributed by atoms with Crippen LogP contribution >= 0.6 is 0 Å². The van der Waals surface area contributed by atoms with Gasteiger partial charge in [0, 0.05) is 12.6 Å². The van der Waals surface area contributed by atoms with Crippen LogP contribution in [0.25, 0.3) is 0 Å². The smallest absolute Gasteiger partial charge is 0.274 e. The van der Waals surface area contributed by atoms with E-state index in [1.54, 1.807) is 19.9 Å². The number of nitrogens with zero attached hydrogens (tertiary/aromatic N) is 2. The number of carbonyl (C=O) groups is 2. The van der Waals surface area contributed by atoms with Gasteiger partial charge in [-0.3, -0.25) is 9.59 Å². The molecule has 17 heavy (non-hydrogen) atoms. The molecule has 2 amide bonds. The Morgan fingerprint density at radius 1 is 1.35 bits per heavy atom. The third-order valence-corrected chi connectivity index (χ3v) is 4.17. The summed E-state index contributed by atoms with van der Waals surface area (Å²) in [6.07, 6.45) is 0. The maximum absolute atomic E-state index is 12.0. The van der Waals surface area contributed by atoms with Gasteiger partial charge in [-0.05, 0) is 25.5 Å². The van der Waals surface area contributed by atoms with Crippen LogP contribution in [-0.2, 0) is 14.8 Å². The highest BCUT2D eigenvalue weighted by Gasteiger charge is 2.46. The SMILES string of the molecule is CC(=O)N1C(=O)c2c(C)cc(C)nc2S1(=O)=O. The van der Waals surface area contributed by atoms with E-state index < -0.39 is 21.8 Å². The summed E-state index contributed by atoms with van der Waals surface area (Å²) in [5.74, 6) is -1.65. The lowest BCUT2D eigenvalue weighted by Gasteiger charge is -2.08. The maximum atomic E-state index is 12.0. The van der Waals surface area contributed by atoms with Gasteiger partial charge in [-0.25, -0.2) is 4.98 Å². The Bertz CT molecular complexity index is 649. The highest BCUT2D eigenvalue weighted by molar-refractivity contribution is 7.90. The van der Waals surface area contributed by atoms with Crippen LogP contribution in [0.4, 0.5) is 0 Å². The topological polar surface area (TPSA) is 84.4 Å². The van der Waals surface area contributed by atoms with Crippen LogP contribution in [-0.4, -0.2) is 29.5 Å². The van der Waals surface area contributed by atoms with E-state index in [-0.39, 0.29) is 14.9 Å². The van der Waals surface area contributed by atoms with Gasteiger partial charge in [-0.15, -0.1) is 0 Å². The second kappa shape index (κ2) is 3.36. The molecule has 2 rings (SSSR count). The Labute approximate surface area is 98.3 Å². The van der Waals surface area contributed by atoms with Crippen molar-refractivity contribution in [3.8, 4) is 0 Å². The Morgan fingerprint density at radius 3 is 2.47 bits per heavy atom. The van der Waals surface area contributed by atoms with E-state index in [2.05, 4.69) is 4.98 Å². The lowest BCUT2D eigenvalue weighted by Crippen LogP contribution is -2.34. The summed E-state index contributed by atoms with van der Waals surface area (Å²) in [6.45, 7) is 4.28. The van der Waals surface area contributed by atoms with Crippen LogP contribution in [0, 0.1) is 13.8 Å². The van der Waals surface area contributed by atoms with E-state index in [9.17, 15) is 18.0 Å². The van der Waals surface area contributed by atoms with Gasteiger partial charge in [0.05, 0.1) is 5.56 Å². The maximum Gasteiger partial charge on any atom is 0.291 e. The van der Waals surface area contributed by atoms with Crippen LogP contribution in [0.1, 0.15) is 28.5 Å². The highest BCUT2D eigenvalue weighted by atomic mass is 32.2. The molecule has 90 valence electrons. The average Bonchev–Trinajstić information content (AvgIpc) is 2.33. The zero-order valence-electron chi connectivity index (χ0n) is 9.51. The van der Waals surface area contributed by atoms with Crippen molar-refractivity contribution in [2.75, 3.05) is 0 Å². The summed E-state index contributed by atoms with van der Waals surface area (Å²) in [5.41, 5.74) is 0.985. The van der Waals surface area contributed by atoms with Crippen molar-refractivity contribution in [3.63, 3.8) is 0 Å². The quantitative estimate of drug-likeness (QED) is 0.668. The molecular formula is C10H10N2O4S. The van der Waals surface area contributed by atoms with Crippen molar-refractivity contribution in [3.05, 3.63) is 22.9 Å². The van der Waals surface area contributed by atoms with Gasteiger partial charge in [-0.1, -0.05) is 0 Å². The molecule has 0 aliphatic carbocycles. The Balaban J connectivity index is 2.85. The molecule has 2 heterocycles. The zero-order chi connectivity index (χ0) is 13.0.